The van der Waals surface area contributed by atoms with Crippen LogP contribution in [-0.2, 0) is 5.41 Å². The van der Waals surface area contributed by atoms with E-state index in [9.17, 15) is 5.21 Å². The van der Waals surface area contributed by atoms with Crippen LogP contribution in [0.5, 0.6) is 0 Å². The third-order valence-corrected chi connectivity index (χ3v) is 2.58. The van der Waals surface area contributed by atoms with Gasteiger partial charge >= 0.3 is 0 Å². The van der Waals surface area contributed by atoms with Gasteiger partial charge in [0.05, 0.1) is 0 Å². The molecule has 0 saturated heterocycles. The first-order valence-electron chi connectivity index (χ1n) is 5.70. The SMILES string of the molecule is CC(C)(C)c1ccc(N([O-])C(C)(C)C)cc1. The summed E-state index contributed by atoms with van der Waals surface area (Å²) < 4.78 is 0. The average Bonchev–Trinajstić information content (AvgIpc) is 2.14. The first kappa shape index (κ1) is 13.0. The Hall–Kier alpha value is -1.02. The number of anilines is 1. The second-order valence-corrected chi connectivity index (χ2v) is 6.26. The molecule has 1 rings (SSSR count). The minimum absolute atomic E-state index is 0.133. The lowest BCUT2D eigenvalue weighted by molar-refractivity contribution is 0.556. The fraction of sp³-hybridized carbons (Fsp3) is 0.571. The van der Waals surface area contributed by atoms with Crippen LogP contribution in [0.2, 0.25) is 0 Å². The summed E-state index contributed by atoms with van der Waals surface area (Å²) in [5.74, 6) is 0. The molecular formula is C14H22NO-. The van der Waals surface area contributed by atoms with Gasteiger partial charge in [-0.15, -0.1) is 0 Å². The lowest BCUT2D eigenvalue weighted by Gasteiger charge is -2.43. The minimum Gasteiger partial charge on any atom is -0.758 e. The molecule has 0 atom stereocenters. The molecule has 0 aromatic heterocycles. The number of rotatable bonds is 1. The first-order valence-corrected chi connectivity index (χ1v) is 5.70. The molecule has 1 aromatic rings. The number of hydrogen-bond donors (Lipinski definition) is 0. The fourth-order valence-electron chi connectivity index (χ4n) is 1.48. The van der Waals surface area contributed by atoms with Crippen LogP contribution in [-0.4, -0.2) is 5.54 Å². The quantitative estimate of drug-likeness (QED) is 0.666. The molecule has 2 nitrogen and oxygen atoms in total. The Kier molecular flexibility index (Phi) is 3.34. The highest BCUT2D eigenvalue weighted by atomic mass is 16.5. The molecule has 0 fully saturated rings. The summed E-state index contributed by atoms with van der Waals surface area (Å²) in [5.41, 5.74) is 1.72. The van der Waals surface area contributed by atoms with Crippen LogP contribution >= 0.6 is 0 Å². The zero-order chi connectivity index (χ0) is 12.6. The Balaban J connectivity index is 2.96. The fourth-order valence-corrected chi connectivity index (χ4v) is 1.48. The second-order valence-electron chi connectivity index (χ2n) is 6.26. The molecule has 0 aliphatic carbocycles. The number of nitrogens with zero attached hydrogens (tertiary/aromatic N) is 1. The molecule has 90 valence electrons. The van der Waals surface area contributed by atoms with Crippen molar-refractivity contribution in [3.8, 4) is 0 Å². The van der Waals surface area contributed by atoms with Crippen molar-refractivity contribution in [3.63, 3.8) is 0 Å². The standard InChI is InChI=1S/C14H22NO/c1-13(2,3)11-7-9-12(10-8-11)15(16)14(4,5)6/h7-10H,1-6H3/q-1. The molecule has 0 N–H and O–H groups in total. The van der Waals surface area contributed by atoms with E-state index in [2.05, 4.69) is 20.8 Å². The second kappa shape index (κ2) is 4.10. The Bertz CT molecular complexity index is 340. The van der Waals surface area contributed by atoms with Crippen molar-refractivity contribution in [1.82, 2.24) is 0 Å². The van der Waals surface area contributed by atoms with Gasteiger partial charge in [-0.05, 0) is 43.9 Å². The summed E-state index contributed by atoms with van der Waals surface area (Å²) in [6, 6.07) is 7.87. The van der Waals surface area contributed by atoms with E-state index >= 15 is 0 Å². The van der Waals surface area contributed by atoms with E-state index in [0.717, 1.165) is 10.8 Å². The maximum atomic E-state index is 11.9. The Morgan fingerprint density at radius 1 is 0.875 bits per heavy atom. The highest BCUT2D eigenvalue weighted by molar-refractivity contribution is 5.51. The van der Waals surface area contributed by atoms with Crippen molar-refractivity contribution in [2.45, 2.75) is 52.5 Å². The number of hydroxylamine groups is 1. The molecule has 16 heavy (non-hydrogen) atoms. The molecule has 0 heterocycles. The molecule has 0 saturated carbocycles. The molecule has 0 spiro atoms. The van der Waals surface area contributed by atoms with Crippen molar-refractivity contribution in [2.75, 3.05) is 5.06 Å². The van der Waals surface area contributed by atoms with Gasteiger partial charge in [-0.2, -0.15) is 0 Å². The summed E-state index contributed by atoms with van der Waals surface area (Å²) in [6.07, 6.45) is 0. The molecule has 0 aliphatic heterocycles. The normalized spacial score (nSPS) is 12.7. The van der Waals surface area contributed by atoms with Crippen LogP contribution in [0, 0.1) is 5.21 Å². The van der Waals surface area contributed by atoms with Crippen LogP contribution in [0.3, 0.4) is 0 Å². The number of benzene rings is 1. The van der Waals surface area contributed by atoms with Crippen molar-refractivity contribution < 1.29 is 0 Å². The average molecular weight is 220 g/mol. The molecule has 0 bridgehead atoms. The summed E-state index contributed by atoms with van der Waals surface area (Å²) in [6.45, 7) is 12.2. The maximum absolute atomic E-state index is 11.9. The molecule has 0 amide bonds. The van der Waals surface area contributed by atoms with E-state index in [0.29, 0.717) is 0 Å². The summed E-state index contributed by atoms with van der Waals surface area (Å²) in [4.78, 5) is 0. The first-order chi connectivity index (χ1) is 7.12. The van der Waals surface area contributed by atoms with Gasteiger partial charge < -0.3 is 10.3 Å². The predicted molar refractivity (Wildman–Crippen MR) is 70.7 cm³/mol. The van der Waals surface area contributed by atoms with Gasteiger partial charge in [0.2, 0.25) is 0 Å². The summed E-state index contributed by atoms with van der Waals surface area (Å²) in [5, 5.41) is 13.0. The van der Waals surface area contributed by atoms with Crippen LogP contribution in [0.4, 0.5) is 5.69 Å². The van der Waals surface area contributed by atoms with Crippen LogP contribution in [0.25, 0.3) is 0 Å². The predicted octanol–water partition coefficient (Wildman–Crippen LogP) is 4.09. The molecular weight excluding hydrogens is 198 g/mol. The minimum atomic E-state index is -0.386. The van der Waals surface area contributed by atoms with E-state index < -0.39 is 0 Å². The van der Waals surface area contributed by atoms with Gasteiger partial charge in [0.15, 0.2) is 0 Å². The molecule has 2 heteroatoms. The van der Waals surface area contributed by atoms with E-state index in [4.69, 9.17) is 0 Å². The van der Waals surface area contributed by atoms with Crippen LogP contribution in [0.1, 0.15) is 47.1 Å². The third kappa shape index (κ3) is 2.99. The monoisotopic (exact) mass is 220 g/mol. The van der Waals surface area contributed by atoms with Gasteiger partial charge in [-0.3, -0.25) is 0 Å². The molecule has 0 unspecified atom stereocenters. The Morgan fingerprint density at radius 3 is 1.62 bits per heavy atom. The van der Waals surface area contributed by atoms with E-state index in [1.807, 2.05) is 45.0 Å². The van der Waals surface area contributed by atoms with Crippen molar-refractivity contribution in [3.05, 3.63) is 35.0 Å². The number of hydrogen-bond acceptors (Lipinski definition) is 2. The smallest absolute Gasteiger partial charge is 0.0263 e. The van der Waals surface area contributed by atoms with Crippen molar-refractivity contribution >= 4 is 5.69 Å². The Labute approximate surface area is 98.9 Å². The van der Waals surface area contributed by atoms with Crippen LogP contribution in [0.15, 0.2) is 24.3 Å². The van der Waals surface area contributed by atoms with E-state index in [-0.39, 0.29) is 11.0 Å². The van der Waals surface area contributed by atoms with Gasteiger partial charge in [0.1, 0.15) is 0 Å². The van der Waals surface area contributed by atoms with Crippen molar-refractivity contribution in [2.24, 2.45) is 0 Å². The molecule has 1 aromatic carbocycles. The van der Waals surface area contributed by atoms with Gasteiger partial charge in [0, 0.05) is 11.2 Å². The van der Waals surface area contributed by atoms with E-state index in [1.54, 1.807) is 0 Å². The van der Waals surface area contributed by atoms with Gasteiger partial charge in [-0.1, -0.05) is 32.9 Å². The largest absolute Gasteiger partial charge is 0.758 e. The zero-order valence-electron chi connectivity index (χ0n) is 11.2. The Morgan fingerprint density at radius 2 is 1.31 bits per heavy atom. The van der Waals surface area contributed by atoms with Gasteiger partial charge in [0.25, 0.3) is 0 Å². The van der Waals surface area contributed by atoms with Crippen molar-refractivity contribution in [1.29, 1.82) is 0 Å². The third-order valence-electron chi connectivity index (χ3n) is 2.58. The topological polar surface area (TPSA) is 26.3 Å². The molecule has 0 radical (unpaired) electrons. The zero-order valence-corrected chi connectivity index (χ0v) is 11.2. The summed E-state index contributed by atoms with van der Waals surface area (Å²) >= 11 is 0. The highest BCUT2D eigenvalue weighted by Crippen LogP contribution is 2.27. The van der Waals surface area contributed by atoms with Crippen LogP contribution < -0.4 is 5.06 Å². The van der Waals surface area contributed by atoms with Gasteiger partial charge in [-0.25, -0.2) is 0 Å². The molecule has 0 aliphatic rings. The maximum Gasteiger partial charge on any atom is 0.0263 e. The summed E-state index contributed by atoms with van der Waals surface area (Å²) in [7, 11) is 0. The lowest BCUT2D eigenvalue weighted by Crippen LogP contribution is -2.36. The van der Waals surface area contributed by atoms with E-state index in [1.165, 1.54) is 5.56 Å². The lowest BCUT2D eigenvalue weighted by atomic mass is 9.87. The highest BCUT2D eigenvalue weighted by Gasteiger charge is 2.15.